The SMILES string of the molecule is CC(C)(C)OC(=O)N[C@H](Cc1c[nH]c2ccccc12)C(=O)NCCCCCCCCCCCCOP(=O)(O)Oc1ccccc1Cl. The highest BCUT2D eigenvalue weighted by molar-refractivity contribution is 7.47. The largest absolute Gasteiger partial charge is 0.527 e. The first-order chi connectivity index (χ1) is 21.9. The number of fused-ring (bicyclic) bond motifs is 1. The minimum absolute atomic E-state index is 0.123. The molecule has 254 valence electrons. The lowest BCUT2D eigenvalue weighted by Gasteiger charge is -2.23. The van der Waals surface area contributed by atoms with Gasteiger partial charge in [0.25, 0.3) is 0 Å². The van der Waals surface area contributed by atoms with Crippen molar-refractivity contribution >= 4 is 42.3 Å². The summed E-state index contributed by atoms with van der Waals surface area (Å²) in [5.41, 5.74) is 1.27. The highest BCUT2D eigenvalue weighted by atomic mass is 35.5. The second-order valence-electron chi connectivity index (χ2n) is 12.4. The molecule has 12 heteroatoms. The fraction of sp³-hybridized carbons (Fsp3) is 0.529. The molecule has 0 aliphatic rings. The smallest absolute Gasteiger partial charge is 0.444 e. The van der Waals surface area contributed by atoms with E-state index >= 15 is 0 Å². The van der Waals surface area contributed by atoms with Crippen molar-refractivity contribution in [3.63, 3.8) is 0 Å². The van der Waals surface area contributed by atoms with Crippen molar-refractivity contribution in [1.29, 1.82) is 0 Å². The van der Waals surface area contributed by atoms with Crippen molar-refractivity contribution in [1.82, 2.24) is 15.6 Å². The lowest BCUT2D eigenvalue weighted by molar-refractivity contribution is -0.123. The molecule has 2 atom stereocenters. The molecule has 0 fully saturated rings. The number of phosphoric acid groups is 1. The molecule has 1 unspecified atom stereocenters. The first-order valence-electron chi connectivity index (χ1n) is 16.2. The number of hydrogen-bond acceptors (Lipinski definition) is 6. The molecule has 0 spiro atoms. The quantitative estimate of drug-likeness (QED) is 0.0695. The Balaban J connectivity index is 1.24. The minimum atomic E-state index is -4.20. The fourth-order valence-corrected chi connectivity index (χ4v) is 6.05. The number of amides is 2. The minimum Gasteiger partial charge on any atom is -0.444 e. The maximum atomic E-state index is 13.1. The van der Waals surface area contributed by atoms with E-state index in [0.717, 1.165) is 74.3 Å². The Morgan fingerprint density at radius 3 is 2.20 bits per heavy atom. The summed E-state index contributed by atoms with van der Waals surface area (Å²) in [5, 5.41) is 7.03. The number of carbonyl (C=O) groups excluding carboxylic acids is 2. The van der Waals surface area contributed by atoms with Crippen molar-refractivity contribution < 1.29 is 32.8 Å². The van der Waals surface area contributed by atoms with Crippen LogP contribution in [-0.4, -0.2) is 46.7 Å². The van der Waals surface area contributed by atoms with Gasteiger partial charge in [0.15, 0.2) is 0 Å². The van der Waals surface area contributed by atoms with Crippen LogP contribution in [0.3, 0.4) is 0 Å². The van der Waals surface area contributed by atoms with E-state index in [1.165, 1.54) is 6.07 Å². The summed E-state index contributed by atoms with van der Waals surface area (Å²) < 4.78 is 27.6. The van der Waals surface area contributed by atoms with Crippen LogP contribution >= 0.6 is 19.4 Å². The molecule has 0 aliphatic carbocycles. The third-order valence-electron chi connectivity index (χ3n) is 7.28. The molecule has 0 radical (unpaired) electrons. The molecule has 0 aliphatic heterocycles. The monoisotopic (exact) mass is 677 g/mol. The van der Waals surface area contributed by atoms with Crippen molar-refractivity contribution in [3.8, 4) is 5.75 Å². The molecular formula is C34H49ClN3O7P. The zero-order valence-corrected chi connectivity index (χ0v) is 28.8. The van der Waals surface area contributed by atoms with Crippen molar-refractivity contribution in [2.45, 2.75) is 103 Å². The molecule has 1 aromatic heterocycles. The van der Waals surface area contributed by atoms with E-state index in [9.17, 15) is 19.0 Å². The number of alkyl carbamates (subject to hydrolysis) is 1. The van der Waals surface area contributed by atoms with E-state index in [0.29, 0.717) is 19.4 Å². The average molecular weight is 678 g/mol. The van der Waals surface area contributed by atoms with E-state index in [4.69, 9.17) is 25.4 Å². The van der Waals surface area contributed by atoms with Gasteiger partial charge < -0.3 is 24.9 Å². The molecule has 0 saturated carbocycles. The van der Waals surface area contributed by atoms with Crippen LogP contribution < -0.4 is 15.2 Å². The topological polar surface area (TPSA) is 139 Å². The van der Waals surface area contributed by atoms with Gasteiger partial charge in [0.2, 0.25) is 5.91 Å². The third kappa shape index (κ3) is 14.2. The van der Waals surface area contributed by atoms with Crippen LogP contribution in [0.15, 0.2) is 54.7 Å². The van der Waals surface area contributed by atoms with Crippen LogP contribution in [0.4, 0.5) is 4.79 Å². The van der Waals surface area contributed by atoms with Crippen molar-refractivity contribution in [3.05, 3.63) is 65.3 Å². The number of para-hydroxylation sites is 2. The summed E-state index contributed by atoms with van der Waals surface area (Å²) in [4.78, 5) is 38.7. The normalized spacial score (nSPS) is 13.6. The lowest BCUT2D eigenvalue weighted by Crippen LogP contribution is -2.49. The summed E-state index contributed by atoms with van der Waals surface area (Å²) in [6.45, 7) is 6.07. The number of unbranched alkanes of at least 4 members (excludes halogenated alkanes) is 9. The van der Waals surface area contributed by atoms with Crippen molar-refractivity contribution in [2.75, 3.05) is 13.2 Å². The zero-order valence-electron chi connectivity index (χ0n) is 27.2. The van der Waals surface area contributed by atoms with Crippen LogP contribution in [-0.2, 0) is 25.0 Å². The highest BCUT2D eigenvalue weighted by Gasteiger charge is 2.26. The number of benzene rings is 2. The third-order valence-corrected chi connectivity index (χ3v) is 8.53. The van der Waals surface area contributed by atoms with E-state index in [1.807, 2.05) is 30.5 Å². The Labute approximate surface area is 277 Å². The fourth-order valence-electron chi connectivity index (χ4n) is 5.00. The number of aromatic amines is 1. The van der Waals surface area contributed by atoms with Gasteiger partial charge in [0.05, 0.1) is 11.6 Å². The molecule has 2 aromatic carbocycles. The zero-order chi connectivity index (χ0) is 33.4. The number of phosphoric ester groups is 1. The van der Waals surface area contributed by atoms with Crippen LogP contribution in [0.1, 0.15) is 90.5 Å². The molecule has 10 nitrogen and oxygen atoms in total. The Morgan fingerprint density at radius 1 is 0.913 bits per heavy atom. The Bertz CT molecular complexity index is 1420. The van der Waals surface area contributed by atoms with Gasteiger partial charge in [-0.2, -0.15) is 0 Å². The highest BCUT2D eigenvalue weighted by Crippen LogP contribution is 2.45. The molecule has 0 saturated heterocycles. The molecule has 1 heterocycles. The first-order valence-corrected chi connectivity index (χ1v) is 18.0. The van der Waals surface area contributed by atoms with Gasteiger partial charge in [-0.3, -0.25) is 14.2 Å². The number of H-pyrrole nitrogens is 1. The van der Waals surface area contributed by atoms with E-state index in [-0.39, 0.29) is 23.3 Å². The van der Waals surface area contributed by atoms with E-state index in [2.05, 4.69) is 15.6 Å². The summed E-state index contributed by atoms with van der Waals surface area (Å²) >= 11 is 5.96. The molecule has 46 heavy (non-hydrogen) atoms. The van der Waals surface area contributed by atoms with Gasteiger partial charge in [0.1, 0.15) is 17.4 Å². The van der Waals surface area contributed by atoms with Gasteiger partial charge in [-0.25, -0.2) is 9.36 Å². The van der Waals surface area contributed by atoms with Gasteiger partial charge in [0, 0.05) is 30.1 Å². The summed E-state index contributed by atoms with van der Waals surface area (Å²) in [6.07, 6.45) is 11.7. The van der Waals surface area contributed by atoms with Gasteiger partial charge >= 0.3 is 13.9 Å². The average Bonchev–Trinajstić information content (AvgIpc) is 3.39. The molecule has 2 amide bonds. The van der Waals surface area contributed by atoms with Crippen LogP contribution in [0.5, 0.6) is 5.75 Å². The predicted octanol–water partition coefficient (Wildman–Crippen LogP) is 8.47. The second-order valence-corrected chi connectivity index (χ2v) is 14.2. The number of aromatic nitrogens is 1. The summed E-state index contributed by atoms with van der Waals surface area (Å²) in [6, 6.07) is 13.6. The maximum absolute atomic E-state index is 13.1. The van der Waals surface area contributed by atoms with Gasteiger partial charge in [-0.15, -0.1) is 0 Å². The Morgan fingerprint density at radius 2 is 1.52 bits per heavy atom. The molecule has 0 bridgehead atoms. The number of hydrogen-bond donors (Lipinski definition) is 4. The van der Waals surface area contributed by atoms with Crippen LogP contribution in [0.25, 0.3) is 10.9 Å². The Kier molecular flexibility index (Phi) is 15.4. The second kappa shape index (κ2) is 18.9. The molecule has 3 aromatic rings. The number of carbonyl (C=O) groups is 2. The maximum Gasteiger partial charge on any atom is 0.527 e. The number of halogens is 1. The molecular weight excluding hydrogens is 629 g/mol. The summed E-state index contributed by atoms with van der Waals surface area (Å²) in [5.74, 6) is -0.102. The number of rotatable bonds is 20. The standard InChI is InChI=1S/C34H49ClN3O7P/c1-34(2,3)44-33(40)38-30(24-26-25-37-29-20-14-12-18-27(26)29)32(39)36-22-16-10-8-6-4-5-7-9-11-17-23-43-46(41,42)45-31-21-15-13-19-28(31)35/h12-15,18-21,25,30,37H,4-11,16-17,22-24H2,1-3H3,(H,36,39)(H,38,40)(H,41,42)/t30-/m1/s1. The lowest BCUT2D eigenvalue weighted by atomic mass is 10.0. The van der Waals surface area contributed by atoms with E-state index in [1.54, 1.807) is 39.0 Å². The van der Waals surface area contributed by atoms with Crippen LogP contribution in [0, 0.1) is 0 Å². The van der Waals surface area contributed by atoms with Crippen molar-refractivity contribution in [2.24, 2.45) is 0 Å². The number of ether oxygens (including phenoxy) is 1. The molecule has 4 N–H and O–H groups in total. The molecule has 3 rings (SSSR count). The van der Waals surface area contributed by atoms with E-state index < -0.39 is 25.6 Å². The summed E-state index contributed by atoms with van der Waals surface area (Å²) in [7, 11) is -4.20. The predicted molar refractivity (Wildman–Crippen MR) is 182 cm³/mol. The Hall–Kier alpha value is -3.04. The number of nitrogens with one attached hydrogen (secondary N) is 3. The van der Waals surface area contributed by atoms with Gasteiger partial charge in [-0.1, -0.05) is 93.3 Å². The van der Waals surface area contributed by atoms with Crippen LogP contribution in [0.2, 0.25) is 5.02 Å². The van der Waals surface area contributed by atoms with Gasteiger partial charge in [-0.05, 0) is 57.4 Å². The first kappa shape index (κ1) is 37.4.